The van der Waals surface area contributed by atoms with Crippen LogP contribution in [0.5, 0.6) is 0 Å². The standard InChI is InChI=1S/C21H21ClN2O3/c1-14-17-12-20(21(25)26)27-19(17)6-5-18(14)24-9-7-23(8-10-24)13-15-3-2-4-16(22)11-15/h2-6,11-12H,7-10,13H2,1H3,(H,25,26). The van der Waals surface area contributed by atoms with Crippen molar-refractivity contribution in [1.29, 1.82) is 0 Å². The molecule has 0 spiro atoms. The van der Waals surface area contributed by atoms with Gasteiger partial charge in [-0.15, -0.1) is 0 Å². The number of hydrogen-bond acceptors (Lipinski definition) is 4. The maximum atomic E-state index is 11.2. The smallest absolute Gasteiger partial charge is 0.371 e. The van der Waals surface area contributed by atoms with E-state index in [9.17, 15) is 4.79 Å². The number of piperazine rings is 1. The number of hydrogen-bond donors (Lipinski definition) is 1. The fraction of sp³-hybridized carbons (Fsp3) is 0.286. The van der Waals surface area contributed by atoms with E-state index in [1.807, 2.05) is 37.3 Å². The first-order chi connectivity index (χ1) is 13.0. The molecule has 0 saturated carbocycles. The zero-order chi connectivity index (χ0) is 19.0. The van der Waals surface area contributed by atoms with Crippen molar-refractivity contribution in [2.24, 2.45) is 0 Å². The van der Waals surface area contributed by atoms with Crippen LogP contribution in [0.4, 0.5) is 5.69 Å². The summed E-state index contributed by atoms with van der Waals surface area (Å²) in [5, 5.41) is 10.8. The molecule has 1 aromatic heterocycles. The highest BCUT2D eigenvalue weighted by molar-refractivity contribution is 6.30. The zero-order valence-electron chi connectivity index (χ0n) is 15.1. The average Bonchev–Trinajstić information content (AvgIpc) is 3.09. The molecule has 0 unspecified atom stereocenters. The average molecular weight is 385 g/mol. The van der Waals surface area contributed by atoms with E-state index in [4.69, 9.17) is 21.1 Å². The summed E-state index contributed by atoms with van der Waals surface area (Å²) in [5.74, 6) is -1.06. The lowest BCUT2D eigenvalue weighted by atomic mass is 10.1. The molecule has 3 aromatic rings. The summed E-state index contributed by atoms with van der Waals surface area (Å²) >= 11 is 6.08. The summed E-state index contributed by atoms with van der Waals surface area (Å²) in [5.41, 5.74) is 4.05. The van der Waals surface area contributed by atoms with Gasteiger partial charge in [0.2, 0.25) is 5.76 Å². The second kappa shape index (κ2) is 7.25. The Balaban J connectivity index is 1.47. The van der Waals surface area contributed by atoms with Crippen molar-refractivity contribution in [1.82, 2.24) is 4.90 Å². The van der Waals surface area contributed by atoms with Crippen LogP contribution in [0.3, 0.4) is 0 Å². The Morgan fingerprint density at radius 1 is 1.15 bits per heavy atom. The number of benzene rings is 2. The molecule has 0 amide bonds. The van der Waals surface area contributed by atoms with Crippen molar-refractivity contribution in [3.63, 3.8) is 0 Å². The Hall–Kier alpha value is -2.50. The van der Waals surface area contributed by atoms with E-state index in [0.717, 1.165) is 54.4 Å². The number of fused-ring (bicyclic) bond motifs is 1. The Morgan fingerprint density at radius 2 is 1.93 bits per heavy atom. The number of carbonyl (C=O) groups is 1. The molecular weight excluding hydrogens is 364 g/mol. The van der Waals surface area contributed by atoms with Crippen molar-refractivity contribution >= 4 is 34.2 Å². The molecule has 1 aliphatic rings. The highest BCUT2D eigenvalue weighted by atomic mass is 35.5. The van der Waals surface area contributed by atoms with Gasteiger partial charge in [0.1, 0.15) is 5.58 Å². The molecule has 27 heavy (non-hydrogen) atoms. The quantitative estimate of drug-likeness (QED) is 0.721. The number of carboxylic acids is 1. The molecule has 1 saturated heterocycles. The molecule has 0 radical (unpaired) electrons. The number of halogens is 1. The third-order valence-corrected chi connectivity index (χ3v) is 5.40. The van der Waals surface area contributed by atoms with Crippen molar-refractivity contribution in [2.75, 3.05) is 31.1 Å². The molecule has 1 N–H and O–H groups in total. The third kappa shape index (κ3) is 3.66. The maximum Gasteiger partial charge on any atom is 0.371 e. The normalized spacial score (nSPS) is 15.4. The SMILES string of the molecule is Cc1c(N2CCN(Cc3cccc(Cl)c3)CC2)ccc2oc(C(=O)O)cc12. The number of carboxylic acid groups (broad SMARTS) is 1. The molecule has 2 aromatic carbocycles. The summed E-state index contributed by atoms with van der Waals surface area (Å²) in [7, 11) is 0. The van der Waals surface area contributed by atoms with Crippen LogP contribution in [0.15, 0.2) is 46.9 Å². The van der Waals surface area contributed by atoms with Gasteiger partial charge in [-0.3, -0.25) is 4.90 Å². The van der Waals surface area contributed by atoms with E-state index >= 15 is 0 Å². The van der Waals surface area contributed by atoms with E-state index in [-0.39, 0.29) is 5.76 Å². The van der Waals surface area contributed by atoms with E-state index < -0.39 is 5.97 Å². The summed E-state index contributed by atoms with van der Waals surface area (Å²) in [6, 6.07) is 13.5. The Bertz CT molecular complexity index is 990. The van der Waals surface area contributed by atoms with E-state index in [1.165, 1.54) is 5.56 Å². The van der Waals surface area contributed by atoms with Crippen molar-refractivity contribution < 1.29 is 14.3 Å². The predicted octanol–water partition coefficient (Wildman–Crippen LogP) is 4.42. The number of furan rings is 1. The summed E-state index contributed by atoms with van der Waals surface area (Å²) in [4.78, 5) is 15.9. The lowest BCUT2D eigenvalue weighted by molar-refractivity contribution is 0.0665. The van der Waals surface area contributed by atoms with E-state index in [2.05, 4.69) is 15.9 Å². The lowest BCUT2D eigenvalue weighted by Gasteiger charge is -2.37. The number of aromatic carboxylic acids is 1. The number of nitrogens with zero attached hydrogens (tertiary/aromatic N) is 2. The van der Waals surface area contributed by atoms with Gasteiger partial charge in [-0.25, -0.2) is 4.79 Å². The highest BCUT2D eigenvalue weighted by Crippen LogP contribution is 2.31. The molecule has 5 nitrogen and oxygen atoms in total. The minimum Gasteiger partial charge on any atom is -0.475 e. The van der Waals surface area contributed by atoms with Crippen LogP contribution in [0.1, 0.15) is 21.7 Å². The first kappa shape index (κ1) is 17.9. The van der Waals surface area contributed by atoms with Gasteiger partial charge in [-0.05, 0) is 48.4 Å². The molecule has 1 aliphatic heterocycles. The van der Waals surface area contributed by atoms with Gasteiger partial charge in [-0.1, -0.05) is 23.7 Å². The second-order valence-electron chi connectivity index (χ2n) is 6.93. The third-order valence-electron chi connectivity index (χ3n) is 5.16. The Labute approximate surface area is 162 Å². The van der Waals surface area contributed by atoms with Gasteiger partial charge in [0.05, 0.1) is 0 Å². The molecule has 4 rings (SSSR count). The zero-order valence-corrected chi connectivity index (χ0v) is 15.9. The van der Waals surface area contributed by atoms with Crippen molar-refractivity contribution in [2.45, 2.75) is 13.5 Å². The number of aryl methyl sites for hydroxylation is 1. The van der Waals surface area contributed by atoms with Gasteiger partial charge in [-0.2, -0.15) is 0 Å². The largest absolute Gasteiger partial charge is 0.475 e. The van der Waals surface area contributed by atoms with Gasteiger partial charge >= 0.3 is 5.97 Å². The monoisotopic (exact) mass is 384 g/mol. The summed E-state index contributed by atoms with van der Waals surface area (Å²) in [6.07, 6.45) is 0. The van der Waals surface area contributed by atoms with Crippen LogP contribution in [-0.4, -0.2) is 42.2 Å². The van der Waals surface area contributed by atoms with Crippen LogP contribution in [0.2, 0.25) is 5.02 Å². The number of anilines is 1. The fourth-order valence-corrected chi connectivity index (χ4v) is 3.94. The van der Waals surface area contributed by atoms with Gasteiger partial charge in [0.15, 0.2) is 0 Å². The van der Waals surface area contributed by atoms with Crippen LogP contribution < -0.4 is 4.90 Å². The maximum absolute atomic E-state index is 11.2. The van der Waals surface area contributed by atoms with Gasteiger partial charge in [0, 0.05) is 48.8 Å². The molecule has 6 heteroatoms. The van der Waals surface area contributed by atoms with Gasteiger partial charge < -0.3 is 14.4 Å². The minimum absolute atomic E-state index is 0.0170. The molecule has 140 valence electrons. The van der Waals surface area contributed by atoms with Crippen LogP contribution in [0, 0.1) is 6.92 Å². The second-order valence-corrected chi connectivity index (χ2v) is 7.37. The van der Waals surface area contributed by atoms with Crippen LogP contribution >= 0.6 is 11.6 Å². The topological polar surface area (TPSA) is 56.9 Å². The summed E-state index contributed by atoms with van der Waals surface area (Å²) in [6.45, 7) is 6.71. The van der Waals surface area contributed by atoms with Crippen LogP contribution in [-0.2, 0) is 6.54 Å². The molecule has 2 heterocycles. The molecule has 0 bridgehead atoms. The fourth-order valence-electron chi connectivity index (χ4n) is 3.73. The van der Waals surface area contributed by atoms with Crippen molar-refractivity contribution in [3.8, 4) is 0 Å². The number of rotatable bonds is 4. The Morgan fingerprint density at radius 3 is 2.63 bits per heavy atom. The predicted molar refractivity (Wildman–Crippen MR) is 107 cm³/mol. The van der Waals surface area contributed by atoms with E-state index in [0.29, 0.717) is 5.58 Å². The first-order valence-corrected chi connectivity index (χ1v) is 9.37. The Kier molecular flexibility index (Phi) is 4.81. The molecule has 1 fully saturated rings. The minimum atomic E-state index is -1.04. The van der Waals surface area contributed by atoms with E-state index in [1.54, 1.807) is 6.07 Å². The van der Waals surface area contributed by atoms with Crippen LogP contribution in [0.25, 0.3) is 11.0 Å². The molecule has 0 atom stereocenters. The first-order valence-electron chi connectivity index (χ1n) is 8.99. The molecular formula is C21H21ClN2O3. The van der Waals surface area contributed by atoms with Gasteiger partial charge in [0.25, 0.3) is 0 Å². The lowest BCUT2D eigenvalue weighted by Crippen LogP contribution is -2.46. The molecule has 0 aliphatic carbocycles. The van der Waals surface area contributed by atoms with Crippen molar-refractivity contribution in [3.05, 3.63) is 64.4 Å². The highest BCUT2D eigenvalue weighted by Gasteiger charge is 2.21. The summed E-state index contributed by atoms with van der Waals surface area (Å²) < 4.78 is 5.41.